The third-order valence-corrected chi connectivity index (χ3v) is 5.56. The van der Waals surface area contributed by atoms with E-state index >= 15 is 0 Å². The van der Waals surface area contributed by atoms with Gasteiger partial charge in [0.1, 0.15) is 6.04 Å². The molecule has 2 amide bonds. The number of amides is 2. The van der Waals surface area contributed by atoms with Crippen molar-refractivity contribution in [2.24, 2.45) is 5.14 Å². The van der Waals surface area contributed by atoms with Crippen LogP contribution in [0.5, 0.6) is 5.75 Å². The lowest BCUT2D eigenvalue weighted by Gasteiger charge is -2.17. The Labute approximate surface area is 200 Å². The topological polar surface area (TPSA) is 208 Å². The fourth-order valence-electron chi connectivity index (χ4n) is 2.96. The molecule has 2 aromatic rings. The number of carbonyl (C=O) groups is 3. The number of aromatic hydroxyl groups is 1. The molecule has 0 spiro atoms. The van der Waals surface area contributed by atoms with Gasteiger partial charge in [-0.15, -0.1) is 0 Å². The van der Waals surface area contributed by atoms with Crippen molar-refractivity contribution in [3.8, 4) is 5.75 Å². The second-order valence-corrected chi connectivity index (χ2v) is 8.84. The van der Waals surface area contributed by atoms with Gasteiger partial charge in [0.2, 0.25) is 21.8 Å². The van der Waals surface area contributed by atoms with Crippen molar-refractivity contribution < 1.29 is 37.6 Å². The second kappa shape index (κ2) is 11.9. The average molecular weight is 509 g/mol. The van der Waals surface area contributed by atoms with Gasteiger partial charge in [-0.05, 0) is 42.8 Å². The summed E-state index contributed by atoms with van der Waals surface area (Å²) in [5.41, 5.74) is 0.0415. The lowest BCUT2D eigenvalue weighted by molar-refractivity contribution is -0.385. The molecule has 188 valence electrons. The monoisotopic (exact) mass is 508 g/mol. The first-order valence-corrected chi connectivity index (χ1v) is 11.8. The van der Waals surface area contributed by atoms with Crippen LogP contribution >= 0.6 is 0 Å². The lowest BCUT2D eigenvalue weighted by Crippen LogP contribution is -2.43. The van der Waals surface area contributed by atoms with Gasteiger partial charge < -0.3 is 20.5 Å². The van der Waals surface area contributed by atoms with Gasteiger partial charge in [-0.25, -0.2) is 18.4 Å². The number of phenols is 1. The maximum Gasteiger partial charge on any atom is 0.328 e. The van der Waals surface area contributed by atoms with E-state index in [1.165, 1.54) is 30.3 Å². The molecule has 0 saturated carbocycles. The summed E-state index contributed by atoms with van der Waals surface area (Å²) in [6, 6.07) is 7.50. The molecule has 1 atom stereocenters. The van der Waals surface area contributed by atoms with E-state index in [0.717, 1.165) is 12.1 Å². The van der Waals surface area contributed by atoms with Crippen molar-refractivity contribution in [3.05, 3.63) is 58.1 Å². The Morgan fingerprint density at radius 3 is 2.31 bits per heavy atom. The highest BCUT2D eigenvalue weighted by molar-refractivity contribution is 7.89. The van der Waals surface area contributed by atoms with E-state index in [0.29, 0.717) is 11.3 Å². The Morgan fingerprint density at radius 1 is 1.11 bits per heavy atom. The molecule has 5 N–H and O–H groups in total. The van der Waals surface area contributed by atoms with Crippen molar-refractivity contribution in [2.45, 2.75) is 37.1 Å². The molecular weight excluding hydrogens is 484 g/mol. The number of nitrogens with one attached hydrogen (secondary N) is 2. The molecule has 2 aromatic carbocycles. The third-order valence-electron chi connectivity index (χ3n) is 4.63. The number of sulfonamides is 1. The van der Waals surface area contributed by atoms with Crippen LogP contribution in [-0.4, -0.2) is 48.9 Å². The smallest absolute Gasteiger partial charge is 0.328 e. The largest absolute Gasteiger partial charge is 0.502 e. The minimum Gasteiger partial charge on any atom is -0.502 e. The highest BCUT2D eigenvalue weighted by Crippen LogP contribution is 2.27. The molecule has 0 saturated heterocycles. The summed E-state index contributed by atoms with van der Waals surface area (Å²) in [4.78, 5) is 46.9. The predicted molar refractivity (Wildman–Crippen MR) is 123 cm³/mol. The molecule has 0 aromatic heterocycles. The van der Waals surface area contributed by atoms with Gasteiger partial charge in [-0.1, -0.05) is 6.07 Å². The van der Waals surface area contributed by atoms with E-state index in [1.54, 1.807) is 6.92 Å². The standard InChI is InChI=1S/C21H24N4O9S/c1-2-34-21(29)16(11-13-3-8-18(26)17(12-13)25(30)31)24-20(28)10-9-19(27)23-14-4-6-15(7-5-14)35(22,32)33/h3-8,12,16,26H,2,9-11H2,1H3,(H,23,27)(H,24,28)(H2,22,32,33). The Hall–Kier alpha value is -4.04. The Kier molecular flexibility index (Phi) is 9.25. The van der Waals surface area contributed by atoms with Crippen molar-refractivity contribution in [2.75, 3.05) is 11.9 Å². The average Bonchev–Trinajstić information content (AvgIpc) is 2.78. The molecule has 1 unspecified atom stereocenters. The molecule has 0 aliphatic heterocycles. The molecule has 0 fully saturated rings. The van der Waals surface area contributed by atoms with Crippen LogP contribution in [0.4, 0.5) is 11.4 Å². The summed E-state index contributed by atoms with van der Waals surface area (Å²) in [5, 5.41) is 30.6. The van der Waals surface area contributed by atoms with Crippen LogP contribution in [0.15, 0.2) is 47.4 Å². The summed E-state index contributed by atoms with van der Waals surface area (Å²) in [5.74, 6) is -2.49. The van der Waals surface area contributed by atoms with Gasteiger partial charge in [0.15, 0.2) is 5.75 Å². The van der Waals surface area contributed by atoms with Gasteiger partial charge in [-0.2, -0.15) is 0 Å². The maximum absolute atomic E-state index is 12.4. The van der Waals surface area contributed by atoms with E-state index < -0.39 is 50.2 Å². The Bertz CT molecular complexity index is 1210. The van der Waals surface area contributed by atoms with Crippen LogP contribution in [0.1, 0.15) is 25.3 Å². The summed E-state index contributed by atoms with van der Waals surface area (Å²) in [6.45, 7) is 1.61. The molecule has 0 heterocycles. The number of nitro benzene ring substituents is 1. The molecule has 13 nitrogen and oxygen atoms in total. The van der Waals surface area contributed by atoms with Gasteiger partial charge in [0.25, 0.3) is 0 Å². The van der Waals surface area contributed by atoms with Crippen LogP contribution in [0.25, 0.3) is 0 Å². The van der Waals surface area contributed by atoms with E-state index in [-0.39, 0.29) is 30.8 Å². The van der Waals surface area contributed by atoms with Crippen molar-refractivity contribution in [1.82, 2.24) is 5.32 Å². The van der Waals surface area contributed by atoms with E-state index in [9.17, 15) is 38.0 Å². The number of benzene rings is 2. The highest BCUT2D eigenvalue weighted by Gasteiger charge is 2.24. The van der Waals surface area contributed by atoms with E-state index in [1.807, 2.05) is 0 Å². The molecule has 0 bridgehead atoms. The summed E-state index contributed by atoms with van der Waals surface area (Å²) in [6.07, 6.45) is -0.677. The summed E-state index contributed by atoms with van der Waals surface area (Å²) in [7, 11) is -3.87. The molecule has 0 aliphatic carbocycles. The molecule has 14 heteroatoms. The van der Waals surface area contributed by atoms with E-state index in [2.05, 4.69) is 10.6 Å². The Morgan fingerprint density at radius 2 is 1.74 bits per heavy atom. The SMILES string of the molecule is CCOC(=O)C(Cc1ccc(O)c([N+](=O)[O-])c1)NC(=O)CCC(=O)Nc1ccc(S(N)(=O)=O)cc1. The zero-order chi connectivity index (χ0) is 26.2. The normalized spacial score (nSPS) is 11.8. The van der Waals surface area contributed by atoms with Crippen LogP contribution in [0.2, 0.25) is 0 Å². The summed E-state index contributed by atoms with van der Waals surface area (Å²) < 4.78 is 27.5. The summed E-state index contributed by atoms with van der Waals surface area (Å²) >= 11 is 0. The lowest BCUT2D eigenvalue weighted by atomic mass is 10.0. The number of rotatable bonds is 11. The number of hydrogen-bond acceptors (Lipinski definition) is 9. The molecule has 0 radical (unpaired) electrons. The highest BCUT2D eigenvalue weighted by atomic mass is 32.2. The van der Waals surface area contributed by atoms with Gasteiger partial charge in [0, 0.05) is 31.0 Å². The maximum atomic E-state index is 12.4. The number of nitrogens with zero attached hydrogens (tertiary/aromatic N) is 1. The molecule has 35 heavy (non-hydrogen) atoms. The molecular formula is C21H24N4O9S. The minimum absolute atomic E-state index is 0.0353. The second-order valence-electron chi connectivity index (χ2n) is 7.27. The Balaban J connectivity index is 1.98. The first-order chi connectivity index (χ1) is 16.4. The predicted octanol–water partition coefficient (Wildman–Crippen LogP) is 0.957. The number of esters is 1. The zero-order valence-electron chi connectivity index (χ0n) is 18.6. The first kappa shape index (κ1) is 27.2. The van der Waals surface area contributed by atoms with Crippen LogP contribution < -0.4 is 15.8 Å². The van der Waals surface area contributed by atoms with Gasteiger partial charge >= 0.3 is 11.7 Å². The number of nitrogens with two attached hydrogens (primary N) is 1. The number of phenolic OH excluding ortho intramolecular Hbond substituents is 1. The third kappa shape index (κ3) is 8.35. The molecule has 2 rings (SSSR count). The van der Waals surface area contributed by atoms with Crippen molar-refractivity contribution in [3.63, 3.8) is 0 Å². The quantitative estimate of drug-likeness (QED) is 0.193. The number of primary sulfonamides is 1. The van der Waals surface area contributed by atoms with Crippen molar-refractivity contribution in [1.29, 1.82) is 0 Å². The van der Waals surface area contributed by atoms with Gasteiger partial charge in [0.05, 0.1) is 16.4 Å². The minimum atomic E-state index is -3.87. The van der Waals surface area contributed by atoms with Crippen LogP contribution in [0, 0.1) is 10.1 Å². The fourth-order valence-corrected chi connectivity index (χ4v) is 3.47. The number of anilines is 1. The van der Waals surface area contributed by atoms with E-state index in [4.69, 9.17) is 9.88 Å². The number of hydrogen-bond donors (Lipinski definition) is 4. The molecule has 0 aliphatic rings. The number of nitro groups is 1. The first-order valence-electron chi connectivity index (χ1n) is 10.3. The fraction of sp³-hybridized carbons (Fsp3) is 0.286. The number of carbonyl (C=O) groups excluding carboxylic acids is 3. The van der Waals surface area contributed by atoms with Crippen molar-refractivity contribution >= 4 is 39.2 Å². The van der Waals surface area contributed by atoms with Gasteiger partial charge in [-0.3, -0.25) is 19.7 Å². The van der Waals surface area contributed by atoms with Crippen LogP contribution in [-0.2, 0) is 35.6 Å². The zero-order valence-corrected chi connectivity index (χ0v) is 19.4. The van der Waals surface area contributed by atoms with Crippen LogP contribution in [0.3, 0.4) is 0 Å². The number of ether oxygens (including phenoxy) is 1.